The van der Waals surface area contributed by atoms with Crippen LogP contribution in [0.25, 0.3) is 0 Å². The molecule has 0 saturated carbocycles. The highest BCUT2D eigenvalue weighted by Gasteiger charge is 2.29. The molecule has 6 heteroatoms. The van der Waals surface area contributed by atoms with Gasteiger partial charge in [-0.05, 0) is 43.4 Å². The molecule has 0 bridgehead atoms. The van der Waals surface area contributed by atoms with E-state index in [9.17, 15) is 14.3 Å². The highest BCUT2D eigenvalue weighted by Crippen LogP contribution is 2.24. The van der Waals surface area contributed by atoms with Crippen molar-refractivity contribution in [1.82, 2.24) is 5.32 Å². The molecule has 0 aliphatic carbocycles. The topological polar surface area (TPSA) is 67.8 Å². The lowest BCUT2D eigenvalue weighted by Gasteiger charge is -2.27. The van der Waals surface area contributed by atoms with E-state index in [1.54, 1.807) is 19.1 Å². The van der Waals surface area contributed by atoms with Crippen LogP contribution in [0, 0.1) is 17.7 Å². The molecule has 1 atom stereocenters. The Hall–Kier alpha value is -1.66. The van der Waals surface area contributed by atoms with E-state index in [0.29, 0.717) is 32.9 Å². The van der Waals surface area contributed by atoms with E-state index in [-0.39, 0.29) is 11.7 Å². The van der Waals surface area contributed by atoms with Crippen molar-refractivity contribution in [3.05, 3.63) is 29.6 Å². The van der Waals surface area contributed by atoms with Crippen LogP contribution in [0.1, 0.15) is 25.3 Å². The monoisotopic (exact) mass is 325 g/mol. The molecule has 2 rings (SSSR count). The Morgan fingerprint density at radius 1 is 1.48 bits per heavy atom. The van der Waals surface area contributed by atoms with Crippen LogP contribution in [-0.4, -0.2) is 37.4 Å². The molecule has 1 aliphatic heterocycles. The zero-order valence-electron chi connectivity index (χ0n) is 13.4. The van der Waals surface area contributed by atoms with Crippen molar-refractivity contribution >= 4 is 5.97 Å². The van der Waals surface area contributed by atoms with Crippen molar-refractivity contribution in [2.75, 3.05) is 26.4 Å². The molecule has 128 valence electrons. The maximum atomic E-state index is 13.8. The van der Waals surface area contributed by atoms with Crippen LogP contribution in [0.3, 0.4) is 0 Å². The van der Waals surface area contributed by atoms with Gasteiger partial charge in [0.05, 0.1) is 12.5 Å². The van der Waals surface area contributed by atoms with Crippen LogP contribution in [0.4, 0.5) is 4.39 Å². The summed E-state index contributed by atoms with van der Waals surface area (Å²) >= 11 is 0. The first-order valence-corrected chi connectivity index (χ1v) is 8.04. The quantitative estimate of drug-likeness (QED) is 0.768. The minimum Gasteiger partial charge on any atom is -0.491 e. The second-order valence-corrected chi connectivity index (χ2v) is 5.72. The van der Waals surface area contributed by atoms with Crippen molar-refractivity contribution in [3.8, 4) is 5.75 Å². The van der Waals surface area contributed by atoms with Gasteiger partial charge in [-0.3, -0.25) is 4.79 Å². The molecular weight excluding hydrogens is 301 g/mol. The van der Waals surface area contributed by atoms with E-state index < -0.39 is 17.7 Å². The van der Waals surface area contributed by atoms with Crippen molar-refractivity contribution in [3.63, 3.8) is 0 Å². The zero-order chi connectivity index (χ0) is 16.7. The largest absolute Gasteiger partial charge is 0.491 e. The van der Waals surface area contributed by atoms with Gasteiger partial charge in [0.25, 0.3) is 0 Å². The molecule has 1 aromatic carbocycles. The summed E-state index contributed by atoms with van der Waals surface area (Å²) in [5, 5.41) is 12.5. The minimum atomic E-state index is -0.790. The second-order valence-electron chi connectivity index (χ2n) is 5.72. The third kappa shape index (κ3) is 5.18. The third-order valence-corrected chi connectivity index (χ3v) is 4.14. The predicted molar refractivity (Wildman–Crippen MR) is 83.9 cm³/mol. The van der Waals surface area contributed by atoms with Gasteiger partial charge < -0.3 is 19.9 Å². The van der Waals surface area contributed by atoms with E-state index in [1.807, 2.05) is 0 Å². The first-order chi connectivity index (χ1) is 11.1. The third-order valence-electron chi connectivity index (χ3n) is 4.14. The number of aliphatic carboxylic acids is 1. The van der Waals surface area contributed by atoms with Gasteiger partial charge in [-0.1, -0.05) is 6.07 Å². The predicted octanol–water partition coefficient (Wildman–Crippen LogP) is 2.44. The molecule has 0 radical (unpaired) electrons. The Labute approximate surface area is 135 Å². The number of carbonyl (C=O) groups is 1. The Bertz CT molecular complexity index is 517. The van der Waals surface area contributed by atoms with Crippen molar-refractivity contribution < 1.29 is 23.8 Å². The molecule has 5 nitrogen and oxygen atoms in total. The van der Waals surface area contributed by atoms with E-state index in [1.165, 1.54) is 6.07 Å². The first-order valence-electron chi connectivity index (χ1n) is 8.04. The average molecular weight is 325 g/mol. The molecule has 0 aromatic heterocycles. The number of rotatable bonds is 8. The summed E-state index contributed by atoms with van der Waals surface area (Å²) in [6.45, 7) is 4.26. The van der Waals surface area contributed by atoms with Crippen LogP contribution >= 0.6 is 0 Å². The smallest absolute Gasteiger partial charge is 0.308 e. The van der Waals surface area contributed by atoms with Gasteiger partial charge in [-0.15, -0.1) is 0 Å². The lowest BCUT2D eigenvalue weighted by molar-refractivity contribution is -0.144. The summed E-state index contributed by atoms with van der Waals surface area (Å²) in [5.41, 5.74) is 0.766. The van der Waals surface area contributed by atoms with Crippen LogP contribution in [0.5, 0.6) is 5.75 Å². The van der Waals surface area contributed by atoms with Crippen LogP contribution in [-0.2, 0) is 16.1 Å². The van der Waals surface area contributed by atoms with Gasteiger partial charge >= 0.3 is 5.97 Å². The Morgan fingerprint density at radius 2 is 2.22 bits per heavy atom. The SMILES string of the molecule is CCOc1ccc(CNCC(C(=O)O)C2CCOCC2)cc1F. The molecule has 1 saturated heterocycles. The number of hydrogen-bond donors (Lipinski definition) is 2. The maximum Gasteiger partial charge on any atom is 0.308 e. The van der Waals surface area contributed by atoms with Gasteiger partial charge in [-0.2, -0.15) is 0 Å². The van der Waals surface area contributed by atoms with Gasteiger partial charge in [0.2, 0.25) is 0 Å². The molecule has 2 N–H and O–H groups in total. The summed E-state index contributed by atoms with van der Waals surface area (Å²) in [7, 11) is 0. The van der Waals surface area contributed by atoms with Gasteiger partial charge in [-0.25, -0.2) is 4.39 Å². The molecule has 1 unspecified atom stereocenters. The Morgan fingerprint density at radius 3 is 2.83 bits per heavy atom. The summed E-state index contributed by atoms with van der Waals surface area (Å²) in [6, 6.07) is 4.80. The van der Waals surface area contributed by atoms with Gasteiger partial charge in [0.15, 0.2) is 11.6 Å². The molecule has 1 fully saturated rings. The number of halogens is 1. The summed E-state index contributed by atoms with van der Waals surface area (Å²) in [6.07, 6.45) is 1.55. The minimum absolute atomic E-state index is 0.130. The van der Waals surface area contributed by atoms with E-state index in [2.05, 4.69) is 5.32 Å². The molecule has 0 spiro atoms. The maximum absolute atomic E-state index is 13.8. The normalized spacial score (nSPS) is 17.0. The molecule has 0 amide bonds. The molecule has 1 heterocycles. The number of ether oxygens (including phenoxy) is 2. The molecule has 1 aromatic rings. The van der Waals surface area contributed by atoms with Gasteiger partial charge in [0, 0.05) is 26.3 Å². The zero-order valence-corrected chi connectivity index (χ0v) is 13.4. The van der Waals surface area contributed by atoms with E-state index in [4.69, 9.17) is 9.47 Å². The molecule has 1 aliphatic rings. The van der Waals surface area contributed by atoms with Crippen molar-refractivity contribution in [2.45, 2.75) is 26.3 Å². The van der Waals surface area contributed by atoms with Gasteiger partial charge in [0.1, 0.15) is 0 Å². The fraction of sp³-hybridized carbons (Fsp3) is 0.588. The van der Waals surface area contributed by atoms with E-state index >= 15 is 0 Å². The summed E-state index contributed by atoms with van der Waals surface area (Å²) in [4.78, 5) is 11.5. The number of carboxylic acids is 1. The van der Waals surface area contributed by atoms with Crippen LogP contribution < -0.4 is 10.1 Å². The van der Waals surface area contributed by atoms with Crippen molar-refractivity contribution in [2.24, 2.45) is 11.8 Å². The standard InChI is InChI=1S/C17H24FNO4/c1-2-23-16-4-3-12(9-15(16)18)10-19-11-14(17(20)21)13-5-7-22-8-6-13/h3-4,9,13-14,19H,2,5-8,10-11H2,1H3,(H,20,21). The molecule has 23 heavy (non-hydrogen) atoms. The fourth-order valence-electron chi connectivity index (χ4n) is 2.87. The summed E-state index contributed by atoms with van der Waals surface area (Å²) < 4.78 is 24.2. The lowest BCUT2D eigenvalue weighted by Crippen LogP contribution is -2.36. The number of nitrogens with one attached hydrogen (secondary N) is 1. The van der Waals surface area contributed by atoms with Crippen LogP contribution in [0.15, 0.2) is 18.2 Å². The highest BCUT2D eigenvalue weighted by molar-refractivity contribution is 5.70. The highest BCUT2D eigenvalue weighted by atomic mass is 19.1. The Kier molecular flexibility index (Phi) is 6.80. The molecular formula is C17H24FNO4. The first kappa shape index (κ1) is 17.7. The summed E-state index contributed by atoms with van der Waals surface area (Å²) in [5.74, 6) is -1.26. The van der Waals surface area contributed by atoms with Crippen LogP contribution in [0.2, 0.25) is 0 Å². The van der Waals surface area contributed by atoms with Crippen molar-refractivity contribution in [1.29, 1.82) is 0 Å². The average Bonchev–Trinajstić information content (AvgIpc) is 2.54. The fourth-order valence-corrected chi connectivity index (χ4v) is 2.87. The van der Waals surface area contributed by atoms with E-state index in [0.717, 1.165) is 18.4 Å². The second kappa shape index (κ2) is 8.84. The number of carboxylic acid groups (broad SMARTS) is 1. The number of benzene rings is 1. The lowest BCUT2D eigenvalue weighted by atomic mass is 9.86. The Balaban J connectivity index is 1.86. The number of hydrogen-bond acceptors (Lipinski definition) is 4.